The van der Waals surface area contributed by atoms with Crippen molar-refractivity contribution in [1.82, 2.24) is 15.5 Å². The molecule has 4 aromatic rings. The van der Waals surface area contributed by atoms with Crippen LogP contribution in [0.15, 0.2) is 103 Å². The molecule has 0 unspecified atom stereocenters. The topological polar surface area (TPSA) is 131 Å². The molecule has 0 radical (unpaired) electrons. The van der Waals surface area contributed by atoms with Gasteiger partial charge in [0.1, 0.15) is 24.7 Å². The molecule has 3 amide bonds. The smallest absolute Gasteiger partial charge is 0.308 e. The van der Waals surface area contributed by atoms with Gasteiger partial charge in [-0.25, -0.2) is 0 Å². The van der Waals surface area contributed by atoms with Crippen molar-refractivity contribution in [2.45, 2.75) is 37.6 Å². The number of amides is 3. The molecular weight excluding hydrogens is 544 g/mol. The van der Waals surface area contributed by atoms with E-state index in [-0.39, 0.29) is 18.9 Å². The Labute approximate surface area is 251 Å². The van der Waals surface area contributed by atoms with E-state index in [1.165, 1.54) is 4.90 Å². The van der Waals surface area contributed by atoms with Gasteiger partial charge in [-0.05, 0) is 27.5 Å². The van der Waals surface area contributed by atoms with Gasteiger partial charge in [0.25, 0.3) is 0 Å². The van der Waals surface area contributed by atoms with E-state index in [9.17, 15) is 19.2 Å². The van der Waals surface area contributed by atoms with Crippen LogP contribution in [0.2, 0.25) is 0 Å². The predicted molar refractivity (Wildman–Crippen MR) is 164 cm³/mol. The van der Waals surface area contributed by atoms with Crippen LogP contribution in [0.25, 0.3) is 10.8 Å². The SMILES string of the molecule is CN(C)C(=O)[C@H](Cc1cccc2ccccc12)NC(=O)[C@H](CC(=O)OCc1ccccc1)NC(=O)[C@@H](N)c1ccccc1. The first kappa shape index (κ1) is 30.9. The second-order valence-electron chi connectivity index (χ2n) is 10.4. The molecular formula is C34H36N4O5. The number of nitrogens with one attached hydrogen (secondary N) is 2. The van der Waals surface area contributed by atoms with E-state index in [0.29, 0.717) is 5.56 Å². The lowest BCUT2D eigenvalue weighted by Gasteiger charge is -2.26. The maximum absolute atomic E-state index is 13.7. The number of hydrogen-bond acceptors (Lipinski definition) is 6. The standard InChI is InChI=1S/C34H36N4O5/c1-38(2)34(42)29(20-26-18-11-17-24-14-9-10-19-27(24)26)37-32(40)28(21-30(39)43-22-23-12-5-3-6-13-23)36-33(41)31(35)25-15-7-4-8-16-25/h3-19,28-29,31H,20-22,35H2,1-2H3,(H,36,41)(H,37,40)/t28-,29-,31-/m0/s1. The molecule has 4 rings (SSSR count). The molecule has 9 nitrogen and oxygen atoms in total. The highest BCUT2D eigenvalue weighted by Crippen LogP contribution is 2.20. The molecule has 4 N–H and O–H groups in total. The second-order valence-corrected chi connectivity index (χ2v) is 10.4. The van der Waals surface area contributed by atoms with Crippen molar-refractivity contribution in [3.05, 3.63) is 120 Å². The zero-order chi connectivity index (χ0) is 30.8. The summed E-state index contributed by atoms with van der Waals surface area (Å²) in [5.41, 5.74) is 8.36. The van der Waals surface area contributed by atoms with E-state index >= 15 is 0 Å². The van der Waals surface area contributed by atoms with Crippen LogP contribution in [-0.2, 0) is 36.9 Å². The molecule has 0 heterocycles. The summed E-state index contributed by atoms with van der Waals surface area (Å²) in [6.07, 6.45) is -0.254. The molecule has 0 aliphatic carbocycles. The van der Waals surface area contributed by atoms with Gasteiger partial charge in [0.15, 0.2) is 0 Å². The normalized spacial score (nSPS) is 12.9. The quantitative estimate of drug-likeness (QED) is 0.221. The molecule has 9 heteroatoms. The fourth-order valence-electron chi connectivity index (χ4n) is 4.72. The third kappa shape index (κ3) is 8.50. The molecule has 222 valence electrons. The minimum Gasteiger partial charge on any atom is -0.461 e. The zero-order valence-electron chi connectivity index (χ0n) is 24.2. The maximum Gasteiger partial charge on any atom is 0.308 e. The first-order valence-electron chi connectivity index (χ1n) is 14.0. The summed E-state index contributed by atoms with van der Waals surface area (Å²) in [4.78, 5) is 54.3. The van der Waals surface area contributed by atoms with Gasteiger partial charge >= 0.3 is 5.97 Å². The van der Waals surface area contributed by atoms with E-state index in [0.717, 1.165) is 21.9 Å². The lowest BCUT2D eigenvalue weighted by Crippen LogP contribution is -2.55. The van der Waals surface area contributed by atoms with E-state index in [1.54, 1.807) is 44.4 Å². The van der Waals surface area contributed by atoms with E-state index in [1.807, 2.05) is 72.8 Å². The van der Waals surface area contributed by atoms with Crippen LogP contribution in [0.1, 0.15) is 29.2 Å². The minimum absolute atomic E-state index is 0.00824. The fraction of sp³-hybridized carbons (Fsp3) is 0.235. The number of fused-ring (bicyclic) bond motifs is 1. The summed E-state index contributed by atoms with van der Waals surface area (Å²) in [5.74, 6) is -2.38. The molecule has 0 aromatic heterocycles. The van der Waals surface area contributed by atoms with Crippen molar-refractivity contribution in [3.63, 3.8) is 0 Å². The Hall–Kier alpha value is -5.02. The molecule has 0 aliphatic rings. The van der Waals surface area contributed by atoms with Crippen LogP contribution in [0, 0.1) is 0 Å². The van der Waals surface area contributed by atoms with Gasteiger partial charge in [-0.15, -0.1) is 0 Å². The number of carbonyl (C=O) groups excluding carboxylic acids is 4. The number of carbonyl (C=O) groups is 4. The number of nitrogens with zero attached hydrogens (tertiary/aromatic N) is 1. The second kappa shape index (κ2) is 14.7. The van der Waals surface area contributed by atoms with Gasteiger partial charge in [-0.3, -0.25) is 19.2 Å². The van der Waals surface area contributed by atoms with Crippen molar-refractivity contribution in [1.29, 1.82) is 0 Å². The van der Waals surface area contributed by atoms with Crippen molar-refractivity contribution >= 4 is 34.5 Å². The first-order chi connectivity index (χ1) is 20.7. The Bertz CT molecular complexity index is 1550. The van der Waals surface area contributed by atoms with Crippen LogP contribution in [0.3, 0.4) is 0 Å². The van der Waals surface area contributed by atoms with Crippen LogP contribution >= 0.6 is 0 Å². The number of nitrogens with two attached hydrogens (primary N) is 1. The summed E-state index contributed by atoms with van der Waals surface area (Å²) in [5, 5.41) is 7.35. The van der Waals surface area contributed by atoms with Crippen molar-refractivity contribution < 1.29 is 23.9 Å². The summed E-state index contributed by atoms with van der Waals surface area (Å²) in [7, 11) is 3.20. The lowest BCUT2D eigenvalue weighted by molar-refractivity contribution is -0.147. The molecule has 0 aliphatic heterocycles. The third-order valence-electron chi connectivity index (χ3n) is 7.05. The van der Waals surface area contributed by atoms with Crippen LogP contribution in [0.4, 0.5) is 0 Å². The van der Waals surface area contributed by atoms with E-state index < -0.39 is 42.3 Å². The van der Waals surface area contributed by atoms with Gasteiger partial charge in [-0.1, -0.05) is 103 Å². The van der Waals surface area contributed by atoms with Crippen LogP contribution in [0.5, 0.6) is 0 Å². The van der Waals surface area contributed by atoms with Crippen LogP contribution < -0.4 is 16.4 Å². The fourth-order valence-corrected chi connectivity index (χ4v) is 4.72. The van der Waals surface area contributed by atoms with Gasteiger partial charge in [0.05, 0.1) is 6.42 Å². The van der Waals surface area contributed by atoms with Crippen molar-refractivity contribution in [3.8, 4) is 0 Å². The van der Waals surface area contributed by atoms with Crippen LogP contribution in [-0.4, -0.2) is 54.8 Å². The largest absolute Gasteiger partial charge is 0.461 e. The molecule has 0 saturated heterocycles. The summed E-state index contributed by atoms with van der Waals surface area (Å²) < 4.78 is 5.39. The zero-order valence-corrected chi connectivity index (χ0v) is 24.2. The van der Waals surface area contributed by atoms with Gasteiger partial charge < -0.3 is 26.0 Å². The Morgan fingerprint density at radius 1 is 0.744 bits per heavy atom. The molecule has 0 fully saturated rings. The molecule has 4 aromatic carbocycles. The highest BCUT2D eigenvalue weighted by Gasteiger charge is 2.31. The monoisotopic (exact) mass is 580 g/mol. The van der Waals surface area contributed by atoms with E-state index in [2.05, 4.69) is 10.6 Å². The number of ether oxygens (including phenoxy) is 1. The number of benzene rings is 4. The Morgan fingerprint density at radius 3 is 2.05 bits per heavy atom. The molecule has 0 saturated carbocycles. The Kier molecular flexibility index (Phi) is 10.6. The van der Waals surface area contributed by atoms with Crippen molar-refractivity contribution in [2.75, 3.05) is 14.1 Å². The van der Waals surface area contributed by atoms with Gasteiger partial charge in [0.2, 0.25) is 17.7 Å². The highest BCUT2D eigenvalue weighted by atomic mass is 16.5. The van der Waals surface area contributed by atoms with Gasteiger partial charge in [0, 0.05) is 20.5 Å². The molecule has 0 bridgehead atoms. The maximum atomic E-state index is 13.7. The lowest BCUT2D eigenvalue weighted by atomic mass is 9.97. The molecule has 0 spiro atoms. The first-order valence-corrected chi connectivity index (χ1v) is 14.0. The predicted octanol–water partition coefficient (Wildman–Crippen LogP) is 3.27. The number of esters is 1. The number of rotatable bonds is 12. The van der Waals surface area contributed by atoms with Crippen molar-refractivity contribution in [2.24, 2.45) is 5.73 Å². The molecule has 43 heavy (non-hydrogen) atoms. The minimum atomic E-state index is -1.34. The summed E-state index contributed by atoms with van der Waals surface area (Å²) in [6.45, 7) is 0.00824. The number of hydrogen-bond donors (Lipinski definition) is 3. The third-order valence-corrected chi connectivity index (χ3v) is 7.05. The summed E-state index contributed by atoms with van der Waals surface area (Å²) in [6, 6.07) is 28.0. The highest BCUT2D eigenvalue weighted by molar-refractivity contribution is 5.95. The Balaban J connectivity index is 1.55. The van der Waals surface area contributed by atoms with E-state index in [4.69, 9.17) is 10.5 Å². The average molecular weight is 581 g/mol. The van der Waals surface area contributed by atoms with Gasteiger partial charge in [-0.2, -0.15) is 0 Å². The summed E-state index contributed by atoms with van der Waals surface area (Å²) >= 11 is 0. The average Bonchev–Trinajstić information content (AvgIpc) is 3.03. The Morgan fingerprint density at radius 2 is 1.35 bits per heavy atom. The molecule has 3 atom stereocenters. The number of likely N-dealkylation sites (N-methyl/N-ethyl adjacent to an activating group) is 1.